The van der Waals surface area contributed by atoms with Gasteiger partial charge < -0.3 is 19.5 Å². The largest absolute Gasteiger partial charge is 0.454 e. The van der Waals surface area contributed by atoms with E-state index < -0.39 is 17.9 Å². The minimum atomic E-state index is -0.756. The van der Waals surface area contributed by atoms with Crippen molar-refractivity contribution in [2.45, 2.75) is 13.5 Å². The molecule has 7 heteroatoms. The normalized spacial score (nSPS) is 13.0. The van der Waals surface area contributed by atoms with Gasteiger partial charge in [-0.2, -0.15) is 0 Å². The maximum absolute atomic E-state index is 12.1. The molecule has 0 aromatic heterocycles. The third-order valence-electron chi connectivity index (χ3n) is 3.87. The van der Waals surface area contributed by atoms with Crippen LogP contribution >= 0.6 is 0 Å². The highest BCUT2D eigenvalue weighted by atomic mass is 16.7. The molecule has 3 rings (SSSR count). The number of nitrogens with one attached hydrogen (secondary N) is 2. The zero-order valence-electron chi connectivity index (χ0n) is 14.4. The Kier molecular flexibility index (Phi) is 5.58. The average molecular weight is 356 g/mol. The number of rotatable bonds is 6. The lowest BCUT2D eigenvalue weighted by molar-refractivity contribution is -0.123. The maximum atomic E-state index is 12.1. The lowest BCUT2D eigenvalue weighted by Crippen LogP contribution is -2.37. The number of fused-ring (bicyclic) bond motifs is 1. The summed E-state index contributed by atoms with van der Waals surface area (Å²) in [4.78, 5) is 23.8. The molecule has 1 aliphatic heterocycles. The number of anilines is 1. The van der Waals surface area contributed by atoms with E-state index in [4.69, 9.17) is 14.2 Å². The molecule has 0 bridgehead atoms. The lowest BCUT2D eigenvalue weighted by Gasteiger charge is -2.13. The summed E-state index contributed by atoms with van der Waals surface area (Å²) in [6.07, 6.45) is -0.756. The van der Waals surface area contributed by atoms with Gasteiger partial charge in [-0.25, -0.2) is 4.79 Å². The first-order chi connectivity index (χ1) is 12.6. The topological polar surface area (TPSA) is 85.9 Å². The average Bonchev–Trinajstić information content (AvgIpc) is 3.13. The van der Waals surface area contributed by atoms with Gasteiger partial charge in [0, 0.05) is 18.3 Å². The smallest absolute Gasteiger partial charge is 0.414 e. The Morgan fingerprint density at radius 2 is 1.88 bits per heavy atom. The number of benzene rings is 2. The van der Waals surface area contributed by atoms with Gasteiger partial charge in [-0.15, -0.1) is 0 Å². The summed E-state index contributed by atoms with van der Waals surface area (Å²) in [5.74, 6) is 0.528. The van der Waals surface area contributed by atoms with Gasteiger partial charge in [-0.1, -0.05) is 37.3 Å². The van der Waals surface area contributed by atoms with Crippen molar-refractivity contribution in [1.82, 2.24) is 5.32 Å². The molecule has 26 heavy (non-hydrogen) atoms. The predicted molar refractivity (Wildman–Crippen MR) is 95.0 cm³/mol. The molecule has 2 aromatic rings. The van der Waals surface area contributed by atoms with E-state index in [9.17, 15) is 9.59 Å². The number of carbonyl (C=O) groups excluding carboxylic acids is 2. The minimum absolute atomic E-state index is 0.115. The third kappa shape index (κ3) is 4.66. The summed E-state index contributed by atoms with van der Waals surface area (Å²) >= 11 is 0. The molecule has 0 aliphatic carbocycles. The summed E-state index contributed by atoms with van der Waals surface area (Å²) in [5, 5.41) is 5.38. The summed E-state index contributed by atoms with van der Waals surface area (Å²) in [6, 6.07) is 14.7. The van der Waals surface area contributed by atoms with Crippen LogP contribution in [-0.2, 0) is 16.1 Å². The molecule has 0 spiro atoms. The van der Waals surface area contributed by atoms with Gasteiger partial charge in [0.15, 0.2) is 11.5 Å². The number of hydrogen-bond acceptors (Lipinski definition) is 6. The number of alkyl carbamates (subject to hydrolysis) is 1. The first-order valence-electron chi connectivity index (χ1n) is 8.27. The van der Waals surface area contributed by atoms with Crippen molar-refractivity contribution in [3.05, 3.63) is 54.1 Å². The van der Waals surface area contributed by atoms with Gasteiger partial charge in [0.25, 0.3) is 0 Å². The molecule has 1 heterocycles. The first kappa shape index (κ1) is 17.6. The van der Waals surface area contributed by atoms with E-state index in [2.05, 4.69) is 10.6 Å². The van der Waals surface area contributed by atoms with Crippen molar-refractivity contribution in [3.63, 3.8) is 0 Å². The van der Waals surface area contributed by atoms with Crippen molar-refractivity contribution in [3.8, 4) is 11.5 Å². The molecule has 7 nitrogen and oxygen atoms in total. The molecule has 2 N–H and O–H groups in total. The second-order valence-electron chi connectivity index (χ2n) is 5.90. The van der Waals surface area contributed by atoms with Crippen LogP contribution in [0.3, 0.4) is 0 Å². The molecule has 2 aromatic carbocycles. The Labute approximate surface area is 151 Å². The zero-order valence-corrected chi connectivity index (χ0v) is 14.4. The van der Waals surface area contributed by atoms with Crippen molar-refractivity contribution in [2.24, 2.45) is 5.92 Å². The molecular formula is C19H20N2O5. The zero-order chi connectivity index (χ0) is 18.4. The number of carbonyl (C=O) groups is 2. The second kappa shape index (κ2) is 8.24. The standard InChI is InChI=1S/C19H20N2O5/c1-13(10-20-15-7-8-16-17(9-15)26-12-25-16)18(22)21-19(23)24-11-14-5-3-2-4-6-14/h2-9,13,20H,10-12H2,1H3,(H,21,22,23)/t13-/m1/s1. The van der Waals surface area contributed by atoms with Crippen molar-refractivity contribution < 1.29 is 23.8 Å². The van der Waals surface area contributed by atoms with Crippen LogP contribution in [0.1, 0.15) is 12.5 Å². The Balaban J connectivity index is 1.42. The molecule has 0 saturated carbocycles. The number of imide groups is 1. The summed E-state index contributed by atoms with van der Waals surface area (Å²) in [6.45, 7) is 2.41. The van der Waals surface area contributed by atoms with E-state index in [1.54, 1.807) is 19.1 Å². The molecule has 1 atom stereocenters. The van der Waals surface area contributed by atoms with Gasteiger partial charge in [-0.05, 0) is 17.7 Å². The van der Waals surface area contributed by atoms with Crippen LogP contribution in [0.4, 0.5) is 10.5 Å². The van der Waals surface area contributed by atoms with E-state index >= 15 is 0 Å². The van der Waals surface area contributed by atoms with E-state index in [0.717, 1.165) is 11.3 Å². The highest BCUT2D eigenvalue weighted by molar-refractivity contribution is 5.93. The molecule has 1 aliphatic rings. The Hall–Kier alpha value is -3.22. The van der Waals surface area contributed by atoms with Crippen LogP contribution in [0.15, 0.2) is 48.5 Å². The quantitative estimate of drug-likeness (QED) is 0.828. The van der Waals surface area contributed by atoms with Crippen LogP contribution in [0, 0.1) is 5.92 Å². The van der Waals surface area contributed by atoms with E-state index in [-0.39, 0.29) is 13.4 Å². The third-order valence-corrected chi connectivity index (χ3v) is 3.87. The van der Waals surface area contributed by atoms with Gasteiger partial charge in [0.05, 0.1) is 5.92 Å². The molecule has 136 valence electrons. The van der Waals surface area contributed by atoms with Crippen molar-refractivity contribution >= 4 is 17.7 Å². The summed E-state index contributed by atoms with van der Waals surface area (Å²) in [5.41, 5.74) is 1.66. The van der Waals surface area contributed by atoms with Crippen LogP contribution < -0.4 is 20.1 Å². The van der Waals surface area contributed by atoms with E-state index in [0.29, 0.717) is 18.0 Å². The van der Waals surface area contributed by atoms with Crippen LogP contribution in [0.2, 0.25) is 0 Å². The number of amides is 2. The number of ether oxygens (including phenoxy) is 3. The SMILES string of the molecule is C[C@H](CNc1ccc2c(c1)OCO2)C(=O)NC(=O)OCc1ccccc1. The Morgan fingerprint density at radius 1 is 1.12 bits per heavy atom. The maximum Gasteiger partial charge on any atom is 0.414 e. The molecule has 0 radical (unpaired) electrons. The first-order valence-corrected chi connectivity index (χ1v) is 8.27. The van der Waals surface area contributed by atoms with Crippen molar-refractivity contribution in [1.29, 1.82) is 0 Å². The molecule has 2 amide bonds. The molecular weight excluding hydrogens is 336 g/mol. The highest BCUT2D eigenvalue weighted by Gasteiger charge is 2.18. The van der Waals surface area contributed by atoms with Crippen LogP contribution in [0.25, 0.3) is 0 Å². The fraction of sp³-hybridized carbons (Fsp3) is 0.263. The molecule has 0 saturated heterocycles. The van der Waals surface area contributed by atoms with Gasteiger partial charge in [0.2, 0.25) is 12.7 Å². The second-order valence-corrected chi connectivity index (χ2v) is 5.90. The summed E-state index contributed by atoms with van der Waals surface area (Å²) in [7, 11) is 0. The fourth-order valence-corrected chi connectivity index (χ4v) is 2.35. The van der Waals surface area contributed by atoms with Gasteiger partial charge in [0.1, 0.15) is 6.61 Å². The fourth-order valence-electron chi connectivity index (χ4n) is 2.35. The Bertz CT molecular complexity index is 779. The predicted octanol–water partition coefficient (Wildman–Crippen LogP) is 2.92. The van der Waals surface area contributed by atoms with E-state index in [1.165, 1.54) is 0 Å². The van der Waals surface area contributed by atoms with Gasteiger partial charge in [-0.3, -0.25) is 10.1 Å². The van der Waals surface area contributed by atoms with Crippen molar-refractivity contribution in [2.75, 3.05) is 18.7 Å². The van der Waals surface area contributed by atoms with Crippen LogP contribution in [0.5, 0.6) is 11.5 Å². The minimum Gasteiger partial charge on any atom is -0.454 e. The van der Waals surface area contributed by atoms with E-state index in [1.807, 2.05) is 36.4 Å². The monoisotopic (exact) mass is 356 g/mol. The Morgan fingerprint density at radius 3 is 2.69 bits per heavy atom. The van der Waals surface area contributed by atoms with Crippen LogP contribution in [-0.4, -0.2) is 25.3 Å². The summed E-state index contributed by atoms with van der Waals surface area (Å²) < 4.78 is 15.6. The molecule has 0 fully saturated rings. The van der Waals surface area contributed by atoms with Gasteiger partial charge >= 0.3 is 6.09 Å². The molecule has 0 unspecified atom stereocenters. The highest BCUT2D eigenvalue weighted by Crippen LogP contribution is 2.34. The number of hydrogen-bond donors (Lipinski definition) is 2. The lowest BCUT2D eigenvalue weighted by atomic mass is 10.1.